The molecule has 21 heavy (non-hydrogen) atoms. The van der Waals surface area contributed by atoms with Crippen LogP contribution in [0.15, 0.2) is 36.4 Å². The van der Waals surface area contributed by atoms with Gasteiger partial charge in [0.05, 0.1) is 19.9 Å². The van der Waals surface area contributed by atoms with E-state index in [0.717, 1.165) is 17.7 Å². The van der Waals surface area contributed by atoms with Gasteiger partial charge in [0.15, 0.2) is 11.5 Å². The lowest BCUT2D eigenvalue weighted by atomic mass is 10.0. The number of ether oxygens (including phenoxy) is 2. The molecule has 0 fully saturated rings. The molecule has 2 aromatic carbocycles. The number of hydrogen-bond acceptors (Lipinski definition) is 4. The number of benzene rings is 2. The number of carbonyl (C=O) groups excluding carboxylic acids is 1. The number of amides is 1. The highest BCUT2D eigenvalue weighted by Crippen LogP contribution is 2.42. The molecule has 0 saturated heterocycles. The van der Waals surface area contributed by atoms with Crippen LogP contribution in [0.2, 0.25) is 0 Å². The van der Waals surface area contributed by atoms with Crippen LogP contribution < -0.4 is 14.4 Å². The highest BCUT2D eigenvalue weighted by Gasteiger charge is 2.16. The second kappa shape index (κ2) is 6.17. The van der Waals surface area contributed by atoms with Crippen LogP contribution in [0.5, 0.6) is 17.2 Å². The lowest BCUT2D eigenvalue weighted by Crippen LogP contribution is -2.14. The lowest BCUT2D eigenvalue weighted by molar-refractivity contribution is -0.107. The zero-order valence-corrected chi connectivity index (χ0v) is 12.2. The number of anilines is 1. The van der Waals surface area contributed by atoms with Crippen LogP contribution in [0.1, 0.15) is 0 Å². The Morgan fingerprint density at radius 2 is 1.71 bits per heavy atom. The van der Waals surface area contributed by atoms with E-state index >= 15 is 0 Å². The van der Waals surface area contributed by atoms with Gasteiger partial charge in [-0.05, 0) is 12.1 Å². The van der Waals surface area contributed by atoms with Gasteiger partial charge < -0.3 is 19.5 Å². The highest BCUT2D eigenvalue weighted by atomic mass is 16.5. The summed E-state index contributed by atoms with van der Waals surface area (Å²) in [5.74, 6) is 0.894. The summed E-state index contributed by atoms with van der Waals surface area (Å²) >= 11 is 0. The summed E-state index contributed by atoms with van der Waals surface area (Å²) in [4.78, 5) is 12.5. The fraction of sp³-hybridized carbons (Fsp3) is 0.188. The Morgan fingerprint density at radius 1 is 1.05 bits per heavy atom. The van der Waals surface area contributed by atoms with E-state index in [4.69, 9.17) is 9.47 Å². The molecule has 0 aromatic heterocycles. The predicted molar refractivity (Wildman–Crippen MR) is 81.1 cm³/mol. The van der Waals surface area contributed by atoms with Crippen LogP contribution in [0.3, 0.4) is 0 Å². The van der Waals surface area contributed by atoms with Crippen LogP contribution >= 0.6 is 0 Å². The van der Waals surface area contributed by atoms with E-state index in [1.54, 1.807) is 26.3 Å². The summed E-state index contributed by atoms with van der Waals surface area (Å²) in [5.41, 5.74) is 2.18. The molecule has 0 aliphatic carbocycles. The average molecular weight is 287 g/mol. The van der Waals surface area contributed by atoms with Crippen molar-refractivity contribution in [2.45, 2.75) is 0 Å². The first-order valence-electron chi connectivity index (χ1n) is 6.35. The van der Waals surface area contributed by atoms with Crippen LogP contribution in [-0.4, -0.2) is 32.8 Å². The average Bonchev–Trinajstić information content (AvgIpc) is 2.53. The van der Waals surface area contributed by atoms with Crippen molar-refractivity contribution in [3.8, 4) is 28.4 Å². The summed E-state index contributed by atoms with van der Waals surface area (Å²) < 4.78 is 10.4. The van der Waals surface area contributed by atoms with Gasteiger partial charge in [0.1, 0.15) is 5.75 Å². The summed E-state index contributed by atoms with van der Waals surface area (Å²) in [6, 6.07) is 10.6. The minimum atomic E-state index is 0.0110. The first kappa shape index (κ1) is 14.7. The summed E-state index contributed by atoms with van der Waals surface area (Å²) in [5, 5.41) is 10.00. The Balaban J connectivity index is 2.67. The molecule has 0 aliphatic rings. The molecule has 110 valence electrons. The Bertz CT molecular complexity index is 655. The van der Waals surface area contributed by atoms with Crippen molar-refractivity contribution in [3.05, 3.63) is 36.4 Å². The molecule has 1 amide bonds. The summed E-state index contributed by atoms with van der Waals surface area (Å²) in [7, 11) is 4.69. The number of phenols is 1. The standard InChI is InChI=1S/C16H17NO4/c1-17(10-18)13-7-5-4-6-11(13)12-8-14(19)16(21-3)9-15(12)20-2/h4-10,19H,1-3H3. The molecule has 5 nitrogen and oxygen atoms in total. The van der Waals surface area contributed by atoms with Gasteiger partial charge in [0, 0.05) is 24.2 Å². The SMILES string of the molecule is COc1cc(OC)c(-c2ccccc2N(C)C=O)cc1O. The maximum atomic E-state index is 11.0. The van der Waals surface area contributed by atoms with Crippen molar-refractivity contribution in [2.75, 3.05) is 26.2 Å². The molecular formula is C16H17NO4. The molecule has 0 aliphatic heterocycles. The molecule has 5 heteroatoms. The first-order valence-corrected chi connectivity index (χ1v) is 6.35. The topological polar surface area (TPSA) is 59.0 Å². The van der Waals surface area contributed by atoms with Gasteiger partial charge in [0.25, 0.3) is 0 Å². The lowest BCUT2D eigenvalue weighted by Gasteiger charge is -2.18. The number of phenolic OH excluding ortho intramolecular Hbond substituents is 1. The van der Waals surface area contributed by atoms with Gasteiger partial charge in [-0.1, -0.05) is 18.2 Å². The van der Waals surface area contributed by atoms with E-state index in [0.29, 0.717) is 17.1 Å². The maximum Gasteiger partial charge on any atom is 0.213 e. The number of hydrogen-bond donors (Lipinski definition) is 1. The largest absolute Gasteiger partial charge is 0.504 e. The third kappa shape index (κ3) is 2.76. The molecule has 0 saturated carbocycles. The van der Waals surface area contributed by atoms with E-state index in [1.165, 1.54) is 12.0 Å². The monoisotopic (exact) mass is 287 g/mol. The normalized spacial score (nSPS) is 10.0. The third-order valence-corrected chi connectivity index (χ3v) is 3.23. The van der Waals surface area contributed by atoms with Crippen LogP contribution in [-0.2, 0) is 4.79 Å². The molecule has 0 spiro atoms. The fourth-order valence-corrected chi connectivity index (χ4v) is 2.16. The van der Waals surface area contributed by atoms with Crippen molar-refractivity contribution in [1.82, 2.24) is 0 Å². The Labute approximate surface area is 123 Å². The fourth-order valence-electron chi connectivity index (χ4n) is 2.16. The Hall–Kier alpha value is -2.69. The molecule has 1 N–H and O–H groups in total. The van der Waals surface area contributed by atoms with Gasteiger partial charge in [-0.15, -0.1) is 0 Å². The van der Waals surface area contributed by atoms with Crippen LogP contribution in [0, 0.1) is 0 Å². The number of nitrogens with zero attached hydrogens (tertiary/aromatic N) is 1. The van der Waals surface area contributed by atoms with Crippen LogP contribution in [0.25, 0.3) is 11.1 Å². The Morgan fingerprint density at radius 3 is 2.33 bits per heavy atom. The molecular weight excluding hydrogens is 270 g/mol. The van der Waals surface area contributed by atoms with Gasteiger partial charge >= 0.3 is 0 Å². The number of aromatic hydroxyl groups is 1. The summed E-state index contributed by atoms with van der Waals surface area (Å²) in [6.45, 7) is 0. The molecule has 0 radical (unpaired) electrons. The molecule has 0 atom stereocenters. The van der Waals surface area contributed by atoms with Crippen molar-refractivity contribution in [1.29, 1.82) is 0 Å². The Kier molecular flexibility index (Phi) is 4.33. The van der Waals surface area contributed by atoms with Gasteiger partial charge in [-0.25, -0.2) is 0 Å². The second-order valence-corrected chi connectivity index (χ2v) is 4.46. The van der Waals surface area contributed by atoms with Gasteiger partial charge in [-0.3, -0.25) is 4.79 Å². The van der Waals surface area contributed by atoms with Crippen molar-refractivity contribution < 1.29 is 19.4 Å². The molecule has 2 rings (SSSR count). The number of methoxy groups -OCH3 is 2. The van der Waals surface area contributed by atoms with Crippen molar-refractivity contribution in [2.24, 2.45) is 0 Å². The van der Waals surface area contributed by atoms with E-state index in [1.807, 2.05) is 24.3 Å². The molecule has 0 heterocycles. The van der Waals surface area contributed by atoms with Crippen molar-refractivity contribution in [3.63, 3.8) is 0 Å². The molecule has 2 aromatic rings. The number of para-hydroxylation sites is 1. The van der Waals surface area contributed by atoms with Gasteiger partial charge in [0.2, 0.25) is 6.41 Å². The first-order chi connectivity index (χ1) is 10.1. The quantitative estimate of drug-likeness (QED) is 0.859. The zero-order chi connectivity index (χ0) is 15.4. The van der Waals surface area contributed by atoms with E-state index in [2.05, 4.69) is 0 Å². The number of rotatable bonds is 5. The number of carbonyl (C=O) groups is 1. The van der Waals surface area contributed by atoms with Crippen LogP contribution in [0.4, 0.5) is 5.69 Å². The van der Waals surface area contributed by atoms with Crippen molar-refractivity contribution >= 4 is 12.1 Å². The molecule has 0 bridgehead atoms. The minimum absolute atomic E-state index is 0.0110. The van der Waals surface area contributed by atoms with E-state index < -0.39 is 0 Å². The third-order valence-electron chi connectivity index (χ3n) is 3.23. The maximum absolute atomic E-state index is 11.0. The minimum Gasteiger partial charge on any atom is -0.504 e. The molecule has 0 unspecified atom stereocenters. The predicted octanol–water partition coefficient (Wildman–Crippen LogP) is 2.67. The van der Waals surface area contributed by atoms with E-state index in [-0.39, 0.29) is 5.75 Å². The second-order valence-electron chi connectivity index (χ2n) is 4.46. The smallest absolute Gasteiger partial charge is 0.213 e. The summed E-state index contributed by atoms with van der Waals surface area (Å²) in [6.07, 6.45) is 0.731. The zero-order valence-electron chi connectivity index (χ0n) is 12.2. The van der Waals surface area contributed by atoms with E-state index in [9.17, 15) is 9.90 Å². The highest BCUT2D eigenvalue weighted by molar-refractivity contribution is 5.89. The van der Waals surface area contributed by atoms with Gasteiger partial charge in [-0.2, -0.15) is 0 Å².